The van der Waals surface area contributed by atoms with Crippen LogP contribution in [0.5, 0.6) is 0 Å². The zero-order chi connectivity index (χ0) is 14.2. The Labute approximate surface area is 117 Å². The molecule has 106 valence electrons. The maximum Gasteiger partial charge on any atom is 0.0621 e. The average Bonchev–Trinajstić information content (AvgIpc) is 2.38. The molecule has 2 rings (SSSR count). The molecule has 1 aliphatic rings. The molecular weight excluding hydrogens is 234 g/mol. The Morgan fingerprint density at radius 3 is 2.05 bits per heavy atom. The van der Waals surface area contributed by atoms with Crippen molar-refractivity contribution in [1.29, 1.82) is 0 Å². The van der Waals surface area contributed by atoms with Crippen molar-refractivity contribution in [2.24, 2.45) is 5.41 Å². The summed E-state index contributed by atoms with van der Waals surface area (Å²) >= 11 is 0. The van der Waals surface area contributed by atoms with Gasteiger partial charge in [0.2, 0.25) is 0 Å². The molecule has 2 nitrogen and oxygen atoms in total. The van der Waals surface area contributed by atoms with Crippen LogP contribution in [0.1, 0.15) is 64.1 Å². The number of nitrogens with one attached hydrogen (secondary N) is 1. The van der Waals surface area contributed by atoms with Crippen molar-refractivity contribution < 1.29 is 5.11 Å². The van der Waals surface area contributed by atoms with Gasteiger partial charge >= 0.3 is 0 Å². The summed E-state index contributed by atoms with van der Waals surface area (Å²) < 4.78 is 0. The smallest absolute Gasteiger partial charge is 0.0621 e. The number of rotatable bonds is 4. The molecule has 1 aromatic rings. The fraction of sp³-hybridized carbons (Fsp3) is 0.647. The van der Waals surface area contributed by atoms with E-state index in [9.17, 15) is 5.11 Å². The molecule has 0 saturated heterocycles. The van der Waals surface area contributed by atoms with E-state index in [-0.39, 0.29) is 11.5 Å². The summed E-state index contributed by atoms with van der Waals surface area (Å²) in [5.74, 6) is 0.582. The molecule has 0 bridgehead atoms. The summed E-state index contributed by atoms with van der Waals surface area (Å²) in [6.07, 6.45) is 0.696. The predicted octanol–water partition coefficient (Wildman–Crippen LogP) is 3.62. The van der Waals surface area contributed by atoms with Gasteiger partial charge in [0.15, 0.2) is 0 Å². The molecule has 0 heterocycles. The van der Waals surface area contributed by atoms with E-state index in [0.29, 0.717) is 18.0 Å². The van der Waals surface area contributed by atoms with Gasteiger partial charge < -0.3 is 10.4 Å². The van der Waals surface area contributed by atoms with Gasteiger partial charge in [0, 0.05) is 17.5 Å². The molecule has 1 aromatic carbocycles. The minimum atomic E-state index is -0.166. The lowest BCUT2D eigenvalue weighted by atomic mass is 9.64. The highest BCUT2D eigenvalue weighted by atomic mass is 16.3. The summed E-state index contributed by atoms with van der Waals surface area (Å²) in [7, 11) is 0. The van der Waals surface area contributed by atoms with Crippen molar-refractivity contribution in [3.05, 3.63) is 35.4 Å². The molecule has 0 aliphatic heterocycles. The summed E-state index contributed by atoms with van der Waals surface area (Å²) in [5.41, 5.74) is 2.70. The van der Waals surface area contributed by atoms with Crippen LogP contribution in [0.2, 0.25) is 0 Å². The Bertz CT molecular complexity index is 421. The second-order valence-electron chi connectivity index (χ2n) is 6.84. The lowest BCUT2D eigenvalue weighted by molar-refractivity contribution is -0.0754. The van der Waals surface area contributed by atoms with E-state index in [1.807, 2.05) is 0 Å². The van der Waals surface area contributed by atoms with Gasteiger partial charge in [-0.2, -0.15) is 0 Å². The molecule has 3 unspecified atom stereocenters. The fourth-order valence-corrected chi connectivity index (χ4v) is 2.75. The zero-order valence-electron chi connectivity index (χ0n) is 12.8. The molecule has 2 heteroatoms. The van der Waals surface area contributed by atoms with Crippen molar-refractivity contribution in [3.63, 3.8) is 0 Å². The Kier molecular flexibility index (Phi) is 4.03. The van der Waals surface area contributed by atoms with E-state index in [1.54, 1.807) is 0 Å². The molecule has 0 radical (unpaired) electrons. The van der Waals surface area contributed by atoms with E-state index in [2.05, 4.69) is 64.2 Å². The predicted molar refractivity (Wildman–Crippen MR) is 80.3 cm³/mol. The van der Waals surface area contributed by atoms with Crippen molar-refractivity contribution in [2.75, 3.05) is 0 Å². The quantitative estimate of drug-likeness (QED) is 0.867. The van der Waals surface area contributed by atoms with Gasteiger partial charge in [0.05, 0.1) is 6.10 Å². The van der Waals surface area contributed by atoms with Gasteiger partial charge in [0.25, 0.3) is 0 Å². The van der Waals surface area contributed by atoms with Crippen molar-refractivity contribution in [1.82, 2.24) is 5.32 Å². The summed E-state index contributed by atoms with van der Waals surface area (Å²) in [4.78, 5) is 0. The lowest BCUT2D eigenvalue weighted by Crippen LogP contribution is -2.60. The second kappa shape index (κ2) is 5.26. The highest BCUT2D eigenvalue weighted by Crippen LogP contribution is 2.41. The maximum atomic E-state index is 9.79. The largest absolute Gasteiger partial charge is 0.392 e. The summed E-state index contributed by atoms with van der Waals surface area (Å²) in [5, 5.41) is 13.4. The molecule has 3 atom stereocenters. The molecule has 0 spiro atoms. The maximum absolute atomic E-state index is 9.79. The van der Waals surface area contributed by atoms with Crippen LogP contribution in [-0.4, -0.2) is 17.3 Å². The Hall–Kier alpha value is -0.860. The first-order chi connectivity index (χ1) is 8.82. The third-order valence-electron chi connectivity index (χ3n) is 4.77. The second-order valence-corrected chi connectivity index (χ2v) is 6.84. The van der Waals surface area contributed by atoms with E-state index in [0.717, 1.165) is 6.42 Å². The van der Waals surface area contributed by atoms with Crippen LogP contribution in [0.3, 0.4) is 0 Å². The highest BCUT2D eigenvalue weighted by molar-refractivity contribution is 5.26. The lowest BCUT2D eigenvalue weighted by Gasteiger charge is -2.50. The Morgan fingerprint density at radius 1 is 1.11 bits per heavy atom. The number of aliphatic hydroxyl groups is 1. The van der Waals surface area contributed by atoms with Gasteiger partial charge in [-0.3, -0.25) is 0 Å². The fourth-order valence-electron chi connectivity index (χ4n) is 2.75. The monoisotopic (exact) mass is 261 g/mol. The standard InChI is InChI=1S/C17H27NO/c1-11(2)13-6-8-14(9-7-13)12(3)18-15-10-16(19)17(15,4)5/h6-9,11-12,15-16,18-19H,10H2,1-5H3. The third kappa shape index (κ3) is 2.85. The minimum absolute atomic E-state index is 0.00780. The molecule has 0 amide bonds. The first kappa shape index (κ1) is 14.5. The molecule has 2 N–H and O–H groups in total. The molecule has 19 heavy (non-hydrogen) atoms. The minimum Gasteiger partial charge on any atom is -0.392 e. The molecular formula is C17H27NO. The highest BCUT2D eigenvalue weighted by Gasteiger charge is 2.47. The Balaban J connectivity index is 1.99. The number of hydrogen-bond donors (Lipinski definition) is 2. The normalized spacial score (nSPS) is 27.1. The van der Waals surface area contributed by atoms with Crippen LogP contribution in [0.4, 0.5) is 0 Å². The van der Waals surface area contributed by atoms with Crippen LogP contribution < -0.4 is 5.32 Å². The number of hydrogen-bond acceptors (Lipinski definition) is 2. The van der Waals surface area contributed by atoms with Crippen molar-refractivity contribution in [2.45, 2.75) is 65.1 Å². The van der Waals surface area contributed by atoms with Crippen LogP contribution in [-0.2, 0) is 0 Å². The first-order valence-corrected chi connectivity index (χ1v) is 7.36. The van der Waals surface area contributed by atoms with Crippen LogP contribution in [0.15, 0.2) is 24.3 Å². The van der Waals surface area contributed by atoms with Gasteiger partial charge in [-0.1, -0.05) is 52.0 Å². The van der Waals surface area contributed by atoms with Gasteiger partial charge in [0.1, 0.15) is 0 Å². The summed E-state index contributed by atoms with van der Waals surface area (Å²) in [6.45, 7) is 10.9. The summed E-state index contributed by atoms with van der Waals surface area (Å²) in [6, 6.07) is 9.61. The average molecular weight is 261 g/mol. The Morgan fingerprint density at radius 2 is 1.63 bits per heavy atom. The van der Waals surface area contributed by atoms with Crippen LogP contribution >= 0.6 is 0 Å². The van der Waals surface area contributed by atoms with E-state index >= 15 is 0 Å². The number of aliphatic hydroxyl groups excluding tert-OH is 1. The van der Waals surface area contributed by atoms with Crippen molar-refractivity contribution in [3.8, 4) is 0 Å². The third-order valence-corrected chi connectivity index (χ3v) is 4.77. The molecule has 0 aromatic heterocycles. The number of benzene rings is 1. The first-order valence-electron chi connectivity index (χ1n) is 7.36. The topological polar surface area (TPSA) is 32.3 Å². The van der Waals surface area contributed by atoms with Crippen LogP contribution in [0.25, 0.3) is 0 Å². The molecule has 1 saturated carbocycles. The van der Waals surface area contributed by atoms with Gasteiger partial charge in [-0.15, -0.1) is 0 Å². The van der Waals surface area contributed by atoms with E-state index in [4.69, 9.17) is 0 Å². The van der Waals surface area contributed by atoms with Crippen molar-refractivity contribution >= 4 is 0 Å². The van der Waals surface area contributed by atoms with E-state index in [1.165, 1.54) is 11.1 Å². The van der Waals surface area contributed by atoms with E-state index < -0.39 is 0 Å². The van der Waals surface area contributed by atoms with Gasteiger partial charge in [-0.25, -0.2) is 0 Å². The SMILES string of the molecule is CC(C)c1ccc(C(C)NC2CC(O)C2(C)C)cc1. The van der Waals surface area contributed by atoms with Gasteiger partial charge in [-0.05, 0) is 30.4 Å². The molecule has 1 aliphatic carbocycles. The van der Waals surface area contributed by atoms with Crippen LogP contribution in [0, 0.1) is 5.41 Å². The molecule has 1 fully saturated rings. The zero-order valence-corrected chi connectivity index (χ0v) is 12.8.